The lowest BCUT2D eigenvalue weighted by molar-refractivity contribution is 0.0938. The SMILES string of the molecule is COCCNC(=O)c1cc(-c2ccc(F)cc2OC)cc2ncn(C)c12. The number of ether oxygens (including phenoxy) is 2. The second-order valence-corrected chi connectivity index (χ2v) is 5.84. The summed E-state index contributed by atoms with van der Waals surface area (Å²) >= 11 is 0. The number of carbonyl (C=O) groups is 1. The van der Waals surface area contributed by atoms with Gasteiger partial charge in [0.05, 0.1) is 36.6 Å². The molecule has 0 aliphatic heterocycles. The molecule has 0 atom stereocenters. The molecule has 2 aromatic carbocycles. The zero-order valence-electron chi connectivity index (χ0n) is 14.9. The van der Waals surface area contributed by atoms with E-state index >= 15 is 0 Å². The van der Waals surface area contributed by atoms with Crippen LogP contribution >= 0.6 is 0 Å². The predicted octanol–water partition coefficient (Wildman–Crippen LogP) is 2.76. The van der Waals surface area contributed by atoms with Gasteiger partial charge >= 0.3 is 0 Å². The molecule has 0 bridgehead atoms. The van der Waals surface area contributed by atoms with Crippen LogP contribution in [0.2, 0.25) is 0 Å². The Bertz CT molecular complexity index is 953. The van der Waals surface area contributed by atoms with Gasteiger partial charge in [-0.05, 0) is 29.8 Å². The molecular weight excluding hydrogens is 337 g/mol. The van der Waals surface area contributed by atoms with Gasteiger partial charge in [-0.1, -0.05) is 0 Å². The van der Waals surface area contributed by atoms with Crippen LogP contribution in [0.1, 0.15) is 10.4 Å². The molecule has 0 saturated heterocycles. The number of rotatable bonds is 6. The van der Waals surface area contributed by atoms with Gasteiger partial charge in [-0.25, -0.2) is 9.37 Å². The molecule has 6 nitrogen and oxygen atoms in total. The summed E-state index contributed by atoms with van der Waals surface area (Å²) in [4.78, 5) is 17.0. The van der Waals surface area contributed by atoms with Gasteiger partial charge in [0.15, 0.2) is 0 Å². The molecule has 1 heterocycles. The minimum absolute atomic E-state index is 0.224. The van der Waals surface area contributed by atoms with Crippen molar-refractivity contribution in [1.82, 2.24) is 14.9 Å². The largest absolute Gasteiger partial charge is 0.496 e. The number of methoxy groups -OCH3 is 2. The Hall–Kier alpha value is -2.93. The lowest BCUT2D eigenvalue weighted by atomic mass is 10.00. The third-order valence-electron chi connectivity index (χ3n) is 4.12. The number of benzene rings is 2. The summed E-state index contributed by atoms with van der Waals surface area (Å²) in [5, 5.41) is 2.83. The Balaban J connectivity index is 2.12. The van der Waals surface area contributed by atoms with E-state index in [1.807, 2.05) is 13.1 Å². The number of nitrogens with zero attached hydrogens (tertiary/aromatic N) is 2. The molecule has 0 fully saturated rings. The third-order valence-corrected chi connectivity index (χ3v) is 4.12. The van der Waals surface area contributed by atoms with Crippen molar-refractivity contribution >= 4 is 16.9 Å². The summed E-state index contributed by atoms with van der Waals surface area (Å²) < 4.78 is 25.6. The van der Waals surface area contributed by atoms with Crippen LogP contribution in [0.15, 0.2) is 36.7 Å². The van der Waals surface area contributed by atoms with Crippen molar-refractivity contribution in [3.8, 4) is 16.9 Å². The number of carbonyl (C=O) groups excluding carboxylic acids is 1. The number of imidazole rings is 1. The first-order valence-electron chi connectivity index (χ1n) is 8.11. The number of amides is 1. The van der Waals surface area contributed by atoms with E-state index in [2.05, 4.69) is 10.3 Å². The predicted molar refractivity (Wildman–Crippen MR) is 96.9 cm³/mol. The fourth-order valence-corrected chi connectivity index (χ4v) is 2.89. The molecule has 0 aliphatic carbocycles. The van der Waals surface area contributed by atoms with Crippen molar-refractivity contribution in [1.29, 1.82) is 0 Å². The first kappa shape index (κ1) is 17.9. The van der Waals surface area contributed by atoms with Gasteiger partial charge < -0.3 is 19.4 Å². The Morgan fingerprint density at radius 3 is 2.81 bits per heavy atom. The van der Waals surface area contributed by atoms with Crippen LogP contribution < -0.4 is 10.1 Å². The minimum Gasteiger partial charge on any atom is -0.496 e. The van der Waals surface area contributed by atoms with Crippen LogP contribution in [0.3, 0.4) is 0 Å². The topological polar surface area (TPSA) is 65.4 Å². The van der Waals surface area contributed by atoms with E-state index in [0.717, 1.165) is 11.1 Å². The van der Waals surface area contributed by atoms with E-state index in [4.69, 9.17) is 9.47 Å². The normalized spacial score (nSPS) is 10.9. The van der Waals surface area contributed by atoms with Gasteiger partial charge in [-0.2, -0.15) is 0 Å². The number of hydrogen-bond donors (Lipinski definition) is 1. The highest BCUT2D eigenvalue weighted by molar-refractivity contribution is 6.07. The second-order valence-electron chi connectivity index (χ2n) is 5.84. The lowest BCUT2D eigenvalue weighted by Crippen LogP contribution is -2.27. The number of fused-ring (bicyclic) bond motifs is 1. The molecule has 3 aromatic rings. The zero-order valence-corrected chi connectivity index (χ0v) is 14.9. The molecule has 0 aliphatic rings. The van der Waals surface area contributed by atoms with Gasteiger partial charge in [-0.15, -0.1) is 0 Å². The summed E-state index contributed by atoms with van der Waals surface area (Å²) in [7, 11) is 4.89. The van der Waals surface area contributed by atoms with Crippen LogP contribution in [0.5, 0.6) is 5.75 Å². The zero-order chi connectivity index (χ0) is 18.7. The summed E-state index contributed by atoms with van der Waals surface area (Å²) in [5.41, 5.74) is 3.30. The van der Waals surface area contributed by atoms with E-state index in [-0.39, 0.29) is 11.7 Å². The van der Waals surface area contributed by atoms with E-state index in [9.17, 15) is 9.18 Å². The molecule has 3 rings (SSSR count). The first-order valence-corrected chi connectivity index (χ1v) is 8.11. The van der Waals surface area contributed by atoms with Crippen molar-refractivity contribution in [2.75, 3.05) is 27.4 Å². The van der Waals surface area contributed by atoms with Crippen molar-refractivity contribution < 1.29 is 18.7 Å². The highest BCUT2D eigenvalue weighted by Gasteiger charge is 2.17. The van der Waals surface area contributed by atoms with Gasteiger partial charge in [0.1, 0.15) is 11.6 Å². The van der Waals surface area contributed by atoms with Gasteiger partial charge in [0, 0.05) is 32.3 Å². The lowest BCUT2D eigenvalue weighted by Gasteiger charge is -2.12. The first-order chi connectivity index (χ1) is 12.5. The number of halogens is 1. The molecule has 7 heteroatoms. The molecule has 1 aromatic heterocycles. The number of hydrogen-bond acceptors (Lipinski definition) is 4. The monoisotopic (exact) mass is 357 g/mol. The average Bonchev–Trinajstić information content (AvgIpc) is 3.02. The van der Waals surface area contributed by atoms with Crippen molar-refractivity contribution in [2.24, 2.45) is 7.05 Å². The maximum Gasteiger partial charge on any atom is 0.253 e. The summed E-state index contributed by atoms with van der Waals surface area (Å²) in [6.07, 6.45) is 1.66. The van der Waals surface area contributed by atoms with Crippen LogP contribution in [0.4, 0.5) is 4.39 Å². The number of aromatic nitrogens is 2. The summed E-state index contributed by atoms with van der Waals surface area (Å²) in [6, 6.07) is 7.93. The molecule has 0 unspecified atom stereocenters. The molecule has 136 valence electrons. The third kappa shape index (κ3) is 3.39. The molecule has 1 amide bonds. The maximum absolute atomic E-state index is 13.5. The van der Waals surface area contributed by atoms with Crippen LogP contribution in [-0.4, -0.2) is 42.8 Å². The van der Waals surface area contributed by atoms with Crippen molar-refractivity contribution in [3.05, 3.63) is 48.0 Å². The number of aryl methyl sites for hydroxylation is 1. The highest BCUT2D eigenvalue weighted by Crippen LogP contribution is 2.33. The van der Waals surface area contributed by atoms with Gasteiger partial charge in [0.2, 0.25) is 0 Å². The maximum atomic E-state index is 13.5. The quantitative estimate of drug-likeness (QED) is 0.689. The molecule has 0 radical (unpaired) electrons. The fraction of sp³-hybridized carbons (Fsp3) is 0.263. The second kappa shape index (κ2) is 7.53. The van der Waals surface area contributed by atoms with E-state index in [0.29, 0.717) is 35.5 Å². The number of nitrogens with one attached hydrogen (secondary N) is 1. The Morgan fingerprint density at radius 2 is 2.08 bits per heavy atom. The van der Waals surface area contributed by atoms with Gasteiger partial charge in [0.25, 0.3) is 5.91 Å². The summed E-state index contributed by atoms with van der Waals surface area (Å²) in [6.45, 7) is 0.824. The average molecular weight is 357 g/mol. The molecule has 0 spiro atoms. The fourth-order valence-electron chi connectivity index (χ4n) is 2.89. The molecule has 0 saturated carbocycles. The van der Waals surface area contributed by atoms with Crippen molar-refractivity contribution in [2.45, 2.75) is 0 Å². The van der Waals surface area contributed by atoms with Crippen LogP contribution in [0.25, 0.3) is 22.2 Å². The Labute approximate surface area is 150 Å². The van der Waals surface area contributed by atoms with E-state index in [1.165, 1.54) is 19.2 Å². The molecule has 1 N–H and O–H groups in total. The summed E-state index contributed by atoms with van der Waals surface area (Å²) in [5.74, 6) is -0.216. The van der Waals surface area contributed by atoms with Crippen LogP contribution in [0, 0.1) is 5.82 Å². The standard InChI is InChI=1S/C19H20FN3O3/c1-23-11-22-16-9-12(14-5-4-13(20)10-17(14)26-3)8-15(18(16)23)19(24)21-6-7-25-2/h4-5,8-11H,6-7H2,1-3H3,(H,21,24). The van der Waals surface area contributed by atoms with E-state index in [1.54, 1.807) is 30.1 Å². The molecular formula is C19H20FN3O3. The van der Waals surface area contributed by atoms with Crippen LogP contribution in [-0.2, 0) is 11.8 Å². The highest BCUT2D eigenvalue weighted by atomic mass is 19.1. The minimum atomic E-state index is -0.387. The molecule has 26 heavy (non-hydrogen) atoms. The van der Waals surface area contributed by atoms with Gasteiger partial charge in [-0.3, -0.25) is 4.79 Å². The van der Waals surface area contributed by atoms with Crippen molar-refractivity contribution in [3.63, 3.8) is 0 Å². The smallest absolute Gasteiger partial charge is 0.253 e. The Morgan fingerprint density at radius 1 is 1.27 bits per heavy atom. The van der Waals surface area contributed by atoms with E-state index < -0.39 is 0 Å². The Kier molecular flexibility index (Phi) is 5.18.